The molecule has 0 saturated carbocycles. The minimum absolute atomic E-state index is 0.0269. The Kier molecular flexibility index (Phi) is 7.34. The molecular weight excluding hydrogens is 460 g/mol. The van der Waals surface area contributed by atoms with Crippen LogP contribution in [0, 0.1) is 32.8 Å². The predicted molar refractivity (Wildman–Crippen MR) is 132 cm³/mol. The van der Waals surface area contributed by atoms with Crippen LogP contribution >= 0.6 is 23.6 Å². The van der Waals surface area contributed by atoms with Gasteiger partial charge < -0.3 is 10.1 Å². The van der Waals surface area contributed by atoms with Crippen LogP contribution in [0.15, 0.2) is 18.2 Å². The van der Waals surface area contributed by atoms with Gasteiger partial charge in [-0.15, -0.1) is 11.3 Å². The highest BCUT2D eigenvalue weighted by Crippen LogP contribution is 2.44. The maximum absolute atomic E-state index is 12.6. The number of thiocarbonyl (C=S) groups is 1. The summed E-state index contributed by atoms with van der Waals surface area (Å²) in [6, 6.07) is 6.25. The van der Waals surface area contributed by atoms with Crippen molar-refractivity contribution in [1.82, 2.24) is 5.32 Å². The Labute approximate surface area is 202 Å². The lowest BCUT2D eigenvalue weighted by molar-refractivity contribution is -0.385. The number of nitrogens with zero attached hydrogens (tertiary/aromatic N) is 2. The number of carbonyl (C=O) groups excluding carboxylic acids is 1. The second kappa shape index (κ2) is 9.85. The smallest absolute Gasteiger partial charge is 0.311 e. The van der Waals surface area contributed by atoms with Gasteiger partial charge in [0.15, 0.2) is 10.9 Å². The number of benzene rings is 1. The highest BCUT2D eigenvalue weighted by molar-refractivity contribution is 7.80. The van der Waals surface area contributed by atoms with Crippen LogP contribution in [0.25, 0.3) is 0 Å². The topological polar surface area (TPSA) is 117 Å². The van der Waals surface area contributed by atoms with E-state index >= 15 is 0 Å². The van der Waals surface area contributed by atoms with Crippen LogP contribution in [-0.4, -0.2) is 22.5 Å². The summed E-state index contributed by atoms with van der Waals surface area (Å²) in [7, 11) is 0. The van der Waals surface area contributed by atoms with Crippen molar-refractivity contribution in [3.63, 3.8) is 0 Å². The van der Waals surface area contributed by atoms with Gasteiger partial charge in [0, 0.05) is 16.5 Å². The van der Waals surface area contributed by atoms with Crippen molar-refractivity contribution in [3.05, 3.63) is 49.9 Å². The maximum atomic E-state index is 12.6. The molecule has 10 heteroatoms. The largest absolute Gasteiger partial charge is 0.487 e. The van der Waals surface area contributed by atoms with Gasteiger partial charge in [-0.1, -0.05) is 20.8 Å². The standard InChI is InChI=1S/C23H26N4O4S2/c1-5-31-18-9-6-13(10-17(18)27(29)30)20(28)25-22(32)26-21-16(12-24)15-8-7-14(23(2,3)4)11-19(15)33-21/h6,9-10,14H,5,7-8,11H2,1-4H3,(H2,25,26,28,32)/t14-/m0/s1. The molecule has 174 valence electrons. The summed E-state index contributed by atoms with van der Waals surface area (Å²) in [6.07, 6.45) is 2.78. The third kappa shape index (κ3) is 5.49. The first-order valence-corrected chi connectivity index (χ1v) is 11.9. The predicted octanol–water partition coefficient (Wildman–Crippen LogP) is 5.20. The SMILES string of the molecule is CCOc1ccc(C(=O)NC(=S)Nc2sc3c(c2C#N)CC[C@H](C(C)(C)C)C3)cc1[N+](=O)[O-]. The molecule has 0 unspecified atom stereocenters. The molecule has 0 spiro atoms. The molecule has 8 nitrogen and oxygen atoms in total. The molecule has 0 bridgehead atoms. The Morgan fingerprint density at radius 2 is 2.15 bits per heavy atom. The number of anilines is 1. The van der Waals surface area contributed by atoms with Crippen LogP contribution in [0.2, 0.25) is 0 Å². The summed E-state index contributed by atoms with van der Waals surface area (Å²) in [5.74, 6) is 0.0348. The van der Waals surface area contributed by atoms with Crippen molar-refractivity contribution in [2.24, 2.45) is 11.3 Å². The van der Waals surface area contributed by atoms with E-state index in [9.17, 15) is 20.2 Å². The Bertz CT molecular complexity index is 1140. The fraction of sp³-hybridized carbons (Fsp3) is 0.435. The van der Waals surface area contributed by atoms with Gasteiger partial charge >= 0.3 is 5.69 Å². The number of rotatable bonds is 5. The van der Waals surface area contributed by atoms with Gasteiger partial charge in [-0.2, -0.15) is 5.26 Å². The number of carbonyl (C=O) groups is 1. The first-order valence-electron chi connectivity index (χ1n) is 10.6. The van der Waals surface area contributed by atoms with E-state index in [4.69, 9.17) is 17.0 Å². The average molecular weight is 487 g/mol. The summed E-state index contributed by atoms with van der Waals surface area (Å²) in [4.78, 5) is 24.5. The number of amides is 1. The van der Waals surface area contributed by atoms with E-state index in [2.05, 4.69) is 37.5 Å². The fourth-order valence-corrected chi connectivity index (χ4v) is 5.46. The van der Waals surface area contributed by atoms with Crippen molar-refractivity contribution in [2.75, 3.05) is 11.9 Å². The van der Waals surface area contributed by atoms with Gasteiger partial charge in [0.05, 0.1) is 17.1 Å². The lowest BCUT2D eigenvalue weighted by Gasteiger charge is -2.33. The van der Waals surface area contributed by atoms with Gasteiger partial charge in [-0.25, -0.2) is 0 Å². The molecule has 1 aliphatic carbocycles. The van der Waals surface area contributed by atoms with Gasteiger partial charge in [0.1, 0.15) is 11.1 Å². The van der Waals surface area contributed by atoms with Crippen LogP contribution in [0.5, 0.6) is 5.75 Å². The molecule has 1 heterocycles. The number of nitriles is 1. The highest BCUT2D eigenvalue weighted by Gasteiger charge is 2.32. The van der Waals surface area contributed by atoms with Gasteiger partial charge in [0.25, 0.3) is 5.91 Å². The van der Waals surface area contributed by atoms with E-state index in [1.165, 1.54) is 28.3 Å². The van der Waals surface area contributed by atoms with Gasteiger partial charge in [-0.05, 0) is 67.4 Å². The Balaban J connectivity index is 1.75. The summed E-state index contributed by atoms with van der Waals surface area (Å²) in [6.45, 7) is 8.68. The van der Waals surface area contributed by atoms with Crippen molar-refractivity contribution in [3.8, 4) is 11.8 Å². The molecule has 2 aromatic rings. The molecule has 0 radical (unpaired) electrons. The monoisotopic (exact) mass is 486 g/mol. The maximum Gasteiger partial charge on any atom is 0.311 e. The molecule has 1 aromatic carbocycles. The number of ether oxygens (including phenoxy) is 1. The van der Waals surface area contributed by atoms with E-state index in [1.54, 1.807) is 6.92 Å². The van der Waals surface area contributed by atoms with E-state index in [1.807, 2.05) is 0 Å². The zero-order chi connectivity index (χ0) is 24.3. The Morgan fingerprint density at radius 1 is 1.42 bits per heavy atom. The molecule has 1 aromatic heterocycles. The zero-order valence-corrected chi connectivity index (χ0v) is 20.6. The highest BCUT2D eigenvalue weighted by atomic mass is 32.1. The molecule has 3 rings (SSSR count). The van der Waals surface area contributed by atoms with E-state index in [-0.39, 0.29) is 34.1 Å². The van der Waals surface area contributed by atoms with Gasteiger partial charge in [-0.3, -0.25) is 20.2 Å². The first kappa shape index (κ1) is 24.6. The number of nitrogens with one attached hydrogen (secondary N) is 2. The summed E-state index contributed by atoms with van der Waals surface area (Å²) < 4.78 is 5.25. The number of thiophene rings is 1. The zero-order valence-electron chi connectivity index (χ0n) is 19.0. The molecule has 1 amide bonds. The van der Waals surface area contributed by atoms with Crippen LogP contribution in [-0.2, 0) is 12.8 Å². The quantitative estimate of drug-likeness (QED) is 0.339. The third-order valence-corrected chi connectivity index (χ3v) is 7.15. The number of nitro benzene ring substituents is 1. The molecule has 0 aliphatic heterocycles. The Hall–Kier alpha value is -3.03. The van der Waals surface area contributed by atoms with Crippen molar-refractivity contribution >= 4 is 45.3 Å². The van der Waals surface area contributed by atoms with Crippen LogP contribution < -0.4 is 15.4 Å². The van der Waals surface area contributed by atoms with Crippen molar-refractivity contribution < 1.29 is 14.5 Å². The number of hydrogen-bond acceptors (Lipinski definition) is 7. The normalized spacial score (nSPS) is 15.2. The van der Waals surface area contributed by atoms with Crippen LogP contribution in [0.3, 0.4) is 0 Å². The average Bonchev–Trinajstić information content (AvgIpc) is 3.09. The molecule has 1 aliphatic rings. The van der Waals surface area contributed by atoms with E-state index in [0.717, 1.165) is 30.9 Å². The minimum atomic E-state index is -0.599. The second-order valence-corrected chi connectivity index (χ2v) is 10.4. The molecule has 0 saturated heterocycles. The molecule has 1 atom stereocenters. The Morgan fingerprint density at radius 3 is 2.76 bits per heavy atom. The lowest BCUT2D eigenvalue weighted by Crippen LogP contribution is -2.34. The fourth-order valence-electron chi connectivity index (χ4n) is 3.92. The molecule has 0 fully saturated rings. The third-order valence-electron chi connectivity index (χ3n) is 5.77. The molecular formula is C23H26N4O4S2. The number of hydrogen-bond donors (Lipinski definition) is 2. The summed E-state index contributed by atoms with van der Waals surface area (Å²) in [5, 5.41) is 27.2. The second-order valence-electron chi connectivity index (χ2n) is 8.91. The molecule has 33 heavy (non-hydrogen) atoms. The van der Waals surface area contributed by atoms with Crippen LogP contribution in [0.4, 0.5) is 10.7 Å². The van der Waals surface area contributed by atoms with E-state index < -0.39 is 10.8 Å². The first-order chi connectivity index (χ1) is 15.5. The summed E-state index contributed by atoms with van der Waals surface area (Å²) >= 11 is 6.78. The number of nitro groups is 1. The number of fused-ring (bicyclic) bond motifs is 1. The van der Waals surface area contributed by atoms with E-state index in [0.29, 0.717) is 16.5 Å². The summed E-state index contributed by atoms with van der Waals surface area (Å²) in [5.41, 5.74) is 1.59. The lowest BCUT2D eigenvalue weighted by atomic mass is 9.72. The minimum Gasteiger partial charge on any atom is -0.487 e. The van der Waals surface area contributed by atoms with Gasteiger partial charge in [0.2, 0.25) is 0 Å². The van der Waals surface area contributed by atoms with Crippen molar-refractivity contribution in [2.45, 2.75) is 47.0 Å². The van der Waals surface area contributed by atoms with Crippen molar-refractivity contribution in [1.29, 1.82) is 5.26 Å². The molecule has 2 N–H and O–H groups in total. The van der Waals surface area contributed by atoms with Crippen LogP contribution in [0.1, 0.15) is 60.5 Å².